The molecule has 3 N–H and O–H groups in total. The fraction of sp³-hybridized carbons (Fsp3) is 0.143. The van der Waals surface area contributed by atoms with Crippen molar-refractivity contribution in [2.45, 2.75) is 13.8 Å². The Morgan fingerprint density at radius 2 is 1.78 bits per heavy atom. The molecule has 0 saturated heterocycles. The van der Waals surface area contributed by atoms with Crippen LogP contribution in [0.1, 0.15) is 11.1 Å². The zero-order valence-corrected chi connectivity index (χ0v) is 10.7. The Labute approximate surface area is 107 Å². The summed E-state index contributed by atoms with van der Waals surface area (Å²) in [7, 11) is 0. The molecule has 1 aromatic carbocycles. The number of carbonyl (C=O) groups excluding carboxylic acids is 2. The van der Waals surface area contributed by atoms with Crippen molar-refractivity contribution < 1.29 is 9.59 Å². The van der Waals surface area contributed by atoms with Crippen LogP contribution in [-0.4, -0.2) is 11.8 Å². The third-order valence-electron chi connectivity index (χ3n) is 2.25. The minimum atomic E-state index is -0.481. The van der Waals surface area contributed by atoms with Gasteiger partial charge in [0.25, 0.3) is 0 Å². The van der Waals surface area contributed by atoms with Gasteiger partial charge in [-0.1, -0.05) is 25.3 Å². The molecule has 4 heteroatoms. The molecule has 0 aliphatic carbocycles. The summed E-state index contributed by atoms with van der Waals surface area (Å²) in [5.41, 5.74) is 7.65. The van der Waals surface area contributed by atoms with E-state index in [0.717, 1.165) is 17.3 Å². The lowest BCUT2D eigenvalue weighted by atomic mass is 10.1. The molecular weight excluding hydrogens is 228 g/mol. The van der Waals surface area contributed by atoms with E-state index in [0.29, 0.717) is 0 Å². The lowest BCUT2D eigenvalue weighted by molar-refractivity contribution is -0.113. The number of aryl methyl sites for hydroxylation is 1. The Kier molecular flexibility index (Phi) is 6.81. The zero-order valence-electron chi connectivity index (χ0n) is 10.7. The summed E-state index contributed by atoms with van der Waals surface area (Å²) in [5.74, 6) is -0.654. The third-order valence-corrected chi connectivity index (χ3v) is 2.25. The number of primary amides is 1. The Balaban J connectivity index is 0.000000494. The van der Waals surface area contributed by atoms with Crippen LogP contribution in [0.15, 0.2) is 43.5 Å². The number of anilines is 1. The first kappa shape index (κ1) is 15.6. The first-order valence-corrected chi connectivity index (χ1v) is 5.33. The van der Waals surface area contributed by atoms with Gasteiger partial charge in [0.15, 0.2) is 0 Å². The number of rotatable bonds is 3. The summed E-state index contributed by atoms with van der Waals surface area (Å²) in [6, 6.07) is 5.81. The molecule has 0 radical (unpaired) electrons. The standard InChI is InChI=1S/C11H13NO.C3H5NO/c1-4-11(13)12-10-7-5-6-8(2)9(10)3;1-2-3(4)5/h4-7H,1H2,2-3H3,(H,12,13);2H,1H2,(H2,4,5). The number of nitrogens with two attached hydrogens (primary N) is 1. The van der Waals surface area contributed by atoms with Crippen LogP contribution >= 0.6 is 0 Å². The van der Waals surface area contributed by atoms with Gasteiger partial charge < -0.3 is 11.1 Å². The highest BCUT2D eigenvalue weighted by Crippen LogP contribution is 2.17. The Bertz CT molecular complexity index is 465. The summed E-state index contributed by atoms with van der Waals surface area (Å²) in [5, 5.41) is 2.74. The van der Waals surface area contributed by atoms with Gasteiger partial charge in [-0.15, -0.1) is 0 Å². The molecule has 1 rings (SSSR count). The summed E-state index contributed by atoms with van der Waals surface area (Å²) < 4.78 is 0. The summed E-state index contributed by atoms with van der Waals surface area (Å²) in [6.07, 6.45) is 2.32. The average molecular weight is 246 g/mol. The van der Waals surface area contributed by atoms with Gasteiger partial charge in [-0.05, 0) is 43.2 Å². The fourth-order valence-electron chi connectivity index (χ4n) is 1.07. The Morgan fingerprint density at radius 3 is 2.22 bits per heavy atom. The van der Waals surface area contributed by atoms with Crippen molar-refractivity contribution >= 4 is 17.5 Å². The monoisotopic (exact) mass is 246 g/mol. The van der Waals surface area contributed by atoms with Crippen molar-refractivity contribution in [2.75, 3.05) is 5.32 Å². The second-order valence-electron chi connectivity index (χ2n) is 3.55. The summed E-state index contributed by atoms with van der Waals surface area (Å²) >= 11 is 0. The number of amides is 2. The van der Waals surface area contributed by atoms with Gasteiger partial charge in [-0.25, -0.2) is 0 Å². The van der Waals surface area contributed by atoms with Crippen LogP contribution in [0.5, 0.6) is 0 Å². The topological polar surface area (TPSA) is 72.2 Å². The Hall–Kier alpha value is -2.36. The highest BCUT2D eigenvalue weighted by molar-refractivity contribution is 5.99. The molecular formula is C14H18N2O2. The van der Waals surface area contributed by atoms with Crippen LogP contribution in [-0.2, 0) is 9.59 Å². The number of hydrogen-bond donors (Lipinski definition) is 2. The molecule has 0 atom stereocenters. The van der Waals surface area contributed by atoms with Crippen LogP contribution in [0.4, 0.5) is 5.69 Å². The van der Waals surface area contributed by atoms with E-state index in [1.54, 1.807) is 0 Å². The first-order chi connectivity index (χ1) is 8.42. The highest BCUT2D eigenvalue weighted by Gasteiger charge is 2.01. The maximum Gasteiger partial charge on any atom is 0.247 e. The molecule has 0 spiro atoms. The van der Waals surface area contributed by atoms with Crippen molar-refractivity contribution in [2.24, 2.45) is 5.73 Å². The number of nitrogens with one attached hydrogen (secondary N) is 1. The van der Waals surface area contributed by atoms with Gasteiger partial charge in [0.1, 0.15) is 0 Å². The maximum absolute atomic E-state index is 11.0. The summed E-state index contributed by atoms with van der Waals surface area (Å²) in [4.78, 5) is 20.5. The normalized spacial score (nSPS) is 8.56. The van der Waals surface area contributed by atoms with Crippen LogP contribution in [0.3, 0.4) is 0 Å². The third kappa shape index (κ3) is 5.65. The molecule has 18 heavy (non-hydrogen) atoms. The van der Waals surface area contributed by atoms with Gasteiger partial charge in [-0.2, -0.15) is 0 Å². The molecule has 0 aliphatic rings. The smallest absolute Gasteiger partial charge is 0.247 e. The fourth-order valence-corrected chi connectivity index (χ4v) is 1.07. The predicted molar refractivity (Wildman–Crippen MR) is 74.1 cm³/mol. The van der Waals surface area contributed by atoms with Gasteiger partial charge in [-0.3, -0.25) is 9.59 Å². The molecule has 0 aliphatic heterocycles. The van der Waals surface area contributed by atoms with Crippen molar-refractivity contribution in [3.05, 3.63) is 54.6 Å². The van der Waals surface area contributed by atoms with E-state index in [1.807, 2.05) is 32.0 Å². The van der Waals surface area contributed by atoms with Crippen LogP contribution in [0.2, 0.25) is 0 Å². The quantitative estimate of drug-likeness (QED) is 0.801. The maximum atomic E-state index is 11.0. The lowest BCUT2D eigenvalue weighted by Gasteiger charge is -2.07. The molecule has 0 unspecified atom stereocenters. The van der Waals surface area contributed by atoms with Gasteiger partial charge in [0.2, 0.25) is 11.8 Å². The van der Waals surface area contributed by atoms with Gasteiger partial charge in [0, 0.05) is 5.69 Å². The molecule has 1 aromatic rings. The van der Waals surface area contributed by atoms with E-state index >= 15 is 0 Å². The minimum Gasteiger partial charge on any atom is -0.366 e. The van der Waals surface area contributed by atoms with Crippen molar-refractivity contribution in [3.63, 3.8) is 0 Å². The molecule has 2 amide bonds. The summed E-state index contributed by atoms with van der Waals surface area (Å²) in [6.45, 7) is 10.5. The Morgan fingerprint density at radius 1 is 1.22 bits per heavy atom. The molecule has 4 nitrogen and oxygen atoms in total. The van der Waals surface area contributed by atoms with Crippen molar-refractivity contribution in [1.29, 1.82) is 0 Å². The van der Waals surface area contributed by atoms with E-state index in [1.165, 1.54) is 11.6 Å². The SMILES string of the molecule is C=CC(=O)Nc1cccc(C)c1C.C=CC(N)=O. The average Bonchev–Trinajstić information content (AvgIpc) is 2.35. The number of carbonyl (C=O) groups is 2. The van der Waals surface area contributed by atoms with Crippen LogP contribution < -0.4 is 11.1 Å². The second kappa shape index (κ2) is 7.84. The van der Waals surface area contributed by atoms with Crippen molar-refractivity contribution in [3.8, 4) is 0 Å². The van der Waals surface area contributed by atoms with E-state index in [9.17, 15) is 9.59 Å². The zero-order chi connectivity index (χ0) is 14.1. The molecule has 0 saturated carbocycles. The molecule has 0 bridgehead atoms. The molecule has 0 heterocycles. The predicted octanol–water partition coefficient (Wildman–Crippen LogP) is 2.09. The van der Waals surface area contributed by atoms with E-state index in [-0.39, 0.29) is 5.91 Å². The molecule has 96 valence electrons. The molecule has 0 fully saturated rings. The molecule has 0 aromatic heterocycles. The number of hydrogen-bond acceptors (Lipinski definition) is 2. The van der Waals surface area contributed by atoms with Gasteiger partial charge >= 0.3 is 0 Å². The van der Waals surface area contributed by atoms with Crippen LogP contribution in [0.25, 0.3) is 0 Å². The minimum absolute atomic E-state index is 0.172. The van der Waals surface area contributed by atoms with E-state index in [2.05, 4.69) is 24.2 Å². The first-order valence-electron chi connectivity index (χ1n) is 5.33. The van der Waals surface area contributed by atoms with Gasteiger partial charge in [0.05, 0.1) is 0 Å². The van der Waals surface area contributed by atoms with E-state index < -0.39 is 5.91 Å². The van der Waals surface area contributed by atoms with Crippen molar-refractivity contribution in [1.82, 2.24) is 0 Å². The van der Waals surface area contributed by atoms with E-state index in [4.69, 9.17) is 0 Å². The number of benzene rings is 1. The highest BCUT2D eigenvalue weighted by atomic mass is 16.1. The second-order valence-corrected chi connectivity index (χ2v) is 3.55. The largest absolute Gasteiger partial charge is 0.366 e. The van der Waals surface area contributed by atoms with Crippen LogP contribution in [0, 0.1) is 13.8 Å². The lowest BCUT2D eigenvalue weighted by Crippen LogP contribution is -2.08.